The van der Waals surface area contributed by atoms with E-state index in [9.17, 15) is 0 Å². The molecule has 11 aromatic rings. The van der Waals surface area contributed by atoms with Crippen LogP contribution >= 0.6 is 0 Å². The molecular formula is C55H36N2O. The van der Waals surface area contributed by atoms with E-state index in [2.05, 4.69) is 178 Å². The van der Waals surface area contributed by atoms with Gasteiger partial charge in [0.05, 0.1) is 11.0 Å². The lowest BCUT2D eigenvalue weighted by atomic mass is 9.80. The van der Waals surface area contributed by atoms with E-state index in [1.54, 1.807) is 12.4 Å². The van der Waals surface area contributed by atoms with Crippen molar-refractivity contribution in [3.8, 4) is 55.6 Å². The van der Waals surface area contributed by atoms with Crippen molar-refractivity contribution in [3.05, 3.63) is 193 Å². The fraction of sp³-hybridized carbons (Fsp3) is 0.0545. The van der Waals surface area contributed by atoms with Crippen molar-refractivity contribution >= 4 is 54.5 Å². The summed E-state index contributed by atoms with van der Waals surface area (Å²) in [7, 11) is 0. The van der Waals surface area contributed by atoms with E-state index < -0.39 is 0 Å². The Labute approximate surface area is 335 Å². The van der Waals surface area contributed by atoms with Crippen LogP contribution in [0.4, 0.5) is 0 Å². The molecule has 2 heterocycles. The van der Waals surface area contributed by atoms with E-state index >= 15 is 0 Å². The van der Waals surface area contributed by atoms with E-state index in [0.717, 1.165) is 54.9 Å². The number of hydrogen-bond donors (Lipinski definition) is 0. The van der Waals surface area contributed by atoms with Crippen LogP contribution in [0.25, 0.3) is 110 Å². The first-order valence-corrected chi connectivity index (χ1v) is 20.0. The minimum Gasteiger partial charge on any atom is -0.455 e. The molecule has 0 radical (unpaired) electrons. The van der Waals surface area contributed by atoms with E-state index in [1.165, 1.54) is 66.4 Å². The molecule has 1 aliphatic rings. The molecule has 1 aliphatic carbocycles. The summed E-state index contributed by atoms with van der Waals surface area (Å²) >= 11 is 0. The number of rotatable bonds is 4. The van der Waals surface area contributed by atoms with Crippen LogP contribution in [0.1, 0.15) is 25.0 Å². The number of nitrogens with zero attached hydrogens (tertiary/aromatic N) is 2. The highest BCUT2D eigenvalue weighted by Gasteiger charge is 2.36. The molecule has 3 nitrogen and oxygen atoms in total. The third kappa shape index (κ3) is 4.86. The monoisotopic (exact) mass is 740 g/mol. The molecule has 0 unspecified atom stereocenters. The number of para-hydroxylation sites is 2. The highest BCUT2D eigenvalue weighted by Crippen LogP contribution is 2.51. The minimum atomic E-state index is -0.173. The van der Waals surface area contributed by atoms with Crippen LogP contribution in [0.5, 0.6) is 0 Å². The van der Waals surface area contributed by atoms with Gasteiger partial charge in [-0.05, 0) is 108 Å². The molecule has 2 aromatic heterocycles. The Kier molecular flexibility index (Phi) is 6.98. The summed E-state index contributed by atoms with van der Waals surface area (Å²) in [6.45, 7) is 4.72. The van der Waals surface area contributed by atoms with Gasteiger partial charge in [0.15, 0.2) is 0 Å². The summed E-state index contributed by atoms with van der Waals surface area (Å²) in [6, 6.07) is 61.9. The molecule has 0 amide bonds. The Morgan fingerprint density at radius 1 is 0.362 bits per heavy atom. The highest BCUT2D eigenvalue weighted by atomic mass is 16.3. The largest absolute Gasteiger partial charge is 0.455 e. The Morgan fingerprint density at radius 2 is 0.862 bits per heavy atom. The van der Waals surface area contributed by atoms with Crippen molar-refractivity contribution in [2.45, 2.75) is 19.3 Å². The van der Waals surface area contributed by atoms with Gasteiger partial charge in [-0.2, -0.15) is 0 Å². The predicted molar refractivity (Wildman–Crippen MR) is 241 cm³/mol. The average Bonchev–Trinajstić information content (AvgIpc) is 3.78. The van der Waals surface area contributed by atoms with Crippen LogP contribution < -0.4 is 0 Å². The molecule has 0 fully saturated rings. The van der Waals surface area contributed by atoms with E-state index in [-0.39, 0.29) is 5.41 Å². The van der Waals surface area contributed by atoms with Crippen LogP contribution in [-0.4, -0.2) is 9.97 Å². The lowest BCUT2D eigenvalue weighted by Crippen LogP contribution is -2.15. The minimum absolute atomic E-state index is 0.173. The number of benzene rings is 9. The smallest absolute Gasteiger partial charge is 0.143 e. The van der Waals surface area contributed by atoms with Gasteiger partial charge in [0.25, 0.3) is 0 Å². The molecule has 12 rings (SSSR count). The molecule has 0 saturated carbocycles. The molecule has 3 heteroatoms. The molecule has 0 saturated heterocycles. The molecular weight excluding hydrogens is 705 g/mol. The molecule has 272 valence electrons. The predicted octanol–water partition coefficient (Wildman–Crippen LogP) is 14.8. The zero-order valence-electron chi connectivity index (χ0n) is 32.1. The second-order valence-corrected chi connectivity index (χ2v) is 16.1. The van der Waals surface area contributed by atoms with Gasteiger partial charge in [-0.25, -0.2) is 0 Å². The van der Waals surface area contributed by atoms with Crippen molar-refractivity contribution in [2.75, 3.05) is 0 Å². The van der Waals surface area contributed by atoms with Crippen molar-refractivity contribution in [2.24, 2.45) is 0 Å². The lowest BCUT2D eigenvalue weighted by molar-refractivity contribution is 0.660. The summed E-state index contributed by atoms with van der Waals surface area (Å²) in [5.41, 5.74) is 18.3. The lowest BCUT2D eigenvalue weighted by Gasteiger charge is -2.22. The maximum atomic E-state index is 6.44. The standard InChI is InChI=1S/C55H36N2O/c1-55(2)49-31-38(21-24-43(49)44-25-22-39(32-50(44)55)40-17-9-18-47-45-15-5-6-19-51(45)58-54(40)47)36-13-8-11-34(29-36)33-10-7-12-35(28-33)37-20-23-42-41-14-3-4-16-46(41)52-53(48(42)30-37)57-27-26-56-52/h3-32H,1-2H3. The normalized spacial score (nSPS) is 13.1. The molecule has 0 aliphatic heterocycles. The van der Waals surface area contributed by atoms with Crippen LogP contribution in [0.15, 0.2) is 187 Å². The van der Waals surface area contributed by atoms with Crippen molar-refractivity contribution in [1.82, 2.24) is 9.97 Å². The molecule has 0 N–H and O–H groups in total. The van der Waals surface area contributed by atoms with Gasteiger partial charge in [-0.15, -0.1) is 0 Å². The Balaban J connectivity index is 0.892. The zero-order valence-corrected chi connectivity index (χ0v) is 32.1. The number of furan rings is 1. The van der Waals surface area contributed by atoms with Crippen molar-refractivity contribution < 1.29 is 4.42 Å². The van der Waals surface area contributed by atoms with Gasteiger partial charge in [0.1, 0.15) is 11.2 Å². The fourth-order valence-corrected chi connectivity index (χ4v) is 9.63. The Bertz CT molecular complexity index is 3460. The molecule has 0 spiro atoms. The number of fused-ring (bicyclic) bond motifs is 12. The maximum absolute atomic E-state index is 6.44. The first-order chi connectivity index (χ1) is 28.5. The van der Waals surface area contributed by atoms with Crippen LogP contribution in [0.2, 0.25) is 0 Å². The van der Waals surface area contributed by atoms with Gasteiger partial charge in [-0.1, -0.05) is 147 Å². The van der Waals surface area contributed by atoms with Gasteiger partial charge in [0.2, 0.25) is 0 Å². The summed E-state index contributed by atoms with van der Waals surface area (Å²) in [5.74, 6) is 0. The first-order valence-electron chi connectivity index (χ1n) is 20.0. The fourth-order valence-electron chi connectivity index (χ4n) is 9.63. The summed E-state index contributed by atoms with van der Waals surface area (Å²) in [5, 5.41) is 6.95. The molecule has 0 bridgehead atoms. The van der Waals surface area contributed by atoms with Crippen molar-refractivity contribution in [3.63, 3.8) is 0 Å². The van der Waals surface area contributed by atoms with Gasteiger partial charge >= 0.3 is 0 Å². The quantitative estimate of drug-likeness (QED) is 0.169. The first kappa shape index (κ1) is 32.8. The van der Waals surface area contributed by atoms with E-state index in [0.29, 0.717) is 0 Å². The van der Waals surface area contributed by atoms with Gasteiger partial charge < -0.3 is 4.42 Å². The summed E-state index contributed by atoms with van der Waals surface area (Å²) in [4.78, 5) is 9.56. The Morgan fingerprint density at radius 3 is 1.57 bits per heavy atom. The third-order valence-corrected chi connectivity index (χ3v) is 12.6. The number of aromatic nitrogens is 2. The van der Waals surface area contributed by atoms with Crippen LogP contribution in [0, 0.1) is 0 Å². The van der Waals surface area contributed by atoms with Crippen LogP contribution in [-0.2, 0) is 5.41 Å². The zero-order chi connectivity index (χ0) is 38.5. The summed E-state index contributed by atoms with van der Waals surface area (Å²) < 4.78 is 6.44. The number of hydrogen-bond acceptors (Lipinski definition) is 3. The highest BCUT2D eigenvalue weighted by molar-refractivity contribution is 6.23. The van der Waals surface area contributed by atoms with Gasteiger partial charge in [0, 0.05) is 44.9 Å². The third-order valence-electron chi connectivity index (χ3n) is 12.6. The topological polar surface area (TPSA) is 38.9 Å². The average molecular weight is 741 g/mol. The molecule has 0 atom stereocenters. The van der Waals surface area contributed by atoms with E-state index in [1.807, 2.05) is 6.07 Å². The summed E-state index contributed by atoms with van der Waals surface area (Å²) in [6.07, 6.45) is 3.57. The van der Waals surface area contributed by atoms with Gasteiger partial charge in [-0.3, -0.25) is 9.97 Å². The molecule has 9 aromatic carbocycles. The Hall–Kier alpha value is -7.36. The van der Waals surface area contributed by atoms with Crippen molar-refractivity contribution in [1.29, 1.82) is 0 Å². The SMILES string of the molecule is CC1(C)c2cc(-c3cccc(-c4cccc(-c5ccc6c7ccccc7c7nccnc7c6c5)c4)c3)ccc2-c2ccc(-c3cccc4c3oc3ccccc34)cc21. The maximum Gasteiger partial charge on any atom is 0.143 e. The van der Waals surface area contributed by atoms with E-state index in [4.69, 9.17) is 14.4 Å². The second-order valence-electron chi connectivity index (χ2n) is 16.1. The van der Waals surface area contributed by atoms with Crippen LogP contribution in [0.3, 0.4) is 0 Å². The second kappa shape index (κ2) is 12.3. The molecule has 58 heavy (non-hydrogen) atoms.